The minimum atomic E-state index is -4.96. The summed E-state index contributed by atoms with van der Waals surface area (Å²) in [5.74, 6) is -2.11. The fourth-order valence-electron chi connectivity index (χ4n) is 12.3. The van der Waals surface area contributed by atoms with E-state index in [-0.39, 0.29) is 25.7 Å². The van der Waals surface area contributed by atoms with Crippen LogP contribution in [0.3, 0.4) is 0 Å². The molecule has 0 aromatic heterocycles. The van der Waals surface area contributed by atoms with Gasteiger partial charge in [-0.2, -0.15) is 0 Å². The molecule has 0 radical (unpaired) electrons. The van der Waals surface area contributed by atoms with E-state index in [4.69, 9.17) is 37.0 Å². The van der Waals surface area contributed by atoms with Crippen LogP contribution in [0, 0.1) is 0 Å². The zero-order valence-electron chi connectivity index (χ0n) is 63.8. The molecule has 0 amide bonds. The molecule has 0 aromatic carbocycles. The van der Waals surface area contributed by atoms with Crippen molar-refractivity contribution < 1.29 is 80.2 Å². The minimum Gasteiger partial charge on any atom is -0.462 e. The number of esters is 4. The first-order valence-corrected chi connectivity index (χ1v) is 44.3. The average molecular weight is 1440 g/mol. The maximum atomic E-state index is 13.1. The molecule has 0 bridgehead atoms. The van der Waals surface area contributed by atoms with Crippen molar-refractivity contribution in [1.29, 1.82) is 0 Å². The topological polar surface area (TPSA) is 237 Å². The van der Waals surface area contributed by atoms with Crippen molar-refractivity contribution in [3.63, 3.8) is 0 Å². The molecule has 0 aliphatic heterocycles. The smallest absolute Gasteiger partial charge is 0.462 e. The highest BCUT2D eigenvalue weighted by Gasteiger charge is 2.30. The van der Waals surface area contributed by atoms with E-state index >= 15 is 0 Å². The monoisotopic (exact) mass is 1440 g/mol. The number of carbonyl (C=O) groups is 4. The average Bonchev–Trinajstić information content (AvgIpc) is 1.49. The molecule has 0 rings (SSSR count). The highest BCUT2D eigenvalue weighted by Crippen LogP contribution is 2.45. The van der Waals surface area contributed by atoms with Gasteiger partial charge in [0, 0.05) is 25.7 Å². The van der Waals surface area contributed by atoms with Gasteiger partial charge in [-0.1, -0.05) is 374 Å². The Morgan fingerprint density at radius 3 is 0.602 bits per heavy atom. The first kappa shape index (κ1) is 96.1. The maximum absolute atomic E-state index is 13.1. The molecule has 0 spiro atoms. The third-order valence-corrected chi connectivity index (χ3v) is 20.5. The van der Waals surface area contributed by atoms with Crippen LogP contribution in [0.5, 0.6) is 0 Å². The van der Waals surface area contributed by atoms with E-state index in [1.807, 2.05) is 0 Å². The van der Waals surface area contributed by atoms with Gasteiger partial charge in [0.05, 0.1) is 26.4 Å². The van der Waals surface area contributed by atoms with Crippen LogP contribution in [0.2, 0.25) is 0 Å². The first-order chi connectivity index (χ1) is 47.7. The van der Waals surface area contributed by atoms with Crippen LogP contribution in [0.4, 0.5) is 0 Å². The van der Waals surface area contributed by atoms with Crippen LogP contribution >= 0.6 is 15.6 Å². The van der Waals surface area contributed by atoms with E-state index in [9.17, 15) is 43.2 Å². The summed E-state index contributed by atoms with van der Waals surface area (Å²) in [6.45, 7) is 5.00. The molecule has 98 heavy (non-hydrogen) atoms. The van der Waals surface area contributed by atoms with E-state index in [0.717, 1.165) is 89.9 Å². The standard InChI is InChI=1S/C79H154O17P2/c1-5-9-13-17-21-25-28-31-33-35-37-39-42-44-48-52-56-60-64-77(82)90-70-75(96-79(84)66-62-58-54-50-46-43-40-38-36-34-32-29-26-22-18-14-10-6-2)72-94-98(87,88)92-68-73(80)67-91-97(85,86)93-71-74(69-89-76(81)63-59-55-51-47-24-20-16-12-8-4)95-78(83)65-61-57-53-49-45-41-30-27-23-19-15-11-7-3/h73-75,80H,5-72H2,1-4H3,(H,85,86)(H,87,88)/t73-,74+,75+/m0/s1. The van der Waals surface area contributed by atoms with Crippen molar-refractivity contribution in [2.45, 2.75) is 444 Å². The second-order valence-corrected chi connectivity index (χ2v) is 31.4. The third-order valence-electron chi connectivity index (χ3n) is 18.6. The van der Waals surface area contributed by atoms with Crippen molar-refractivity contribution >= 4 is 39.5 Å². The Bertz CT molecular complexity index is 1860. The van der Waals surface area contributed by atoms with Crippen molar-refractivity contribution in [2.24, 2.45) is 0 Å². The summed E-state index contributed by atoms with van der Waals surface area (Å²) in [4.78, 5) is 72.9. The van der Waals surface area contributed by atoms with Crippen LogP contribution < -0.4 is 0 Å². The van der Waals surface area contributed by atoms with Crippen LogP contribution in [-0.4, -0.2) is 96.7 Å². The van der Waals surface area contributed by atoms with E-state index in [2.05, 4.69) is 27.7 Å². The Labute approximate surface area is 600 Å². The van der Waals surface area contributed by atoms with E-state index in [0.29, 0.717) is 25.7 Å². The second-order valence-electron chi connectivity index (χ2n) is 28.5. The molecule has 0 saturated carbocycles. The number of aliphatic hydroxyl groups is 1. The third kappa shape index (κ3) is 72.4. The molecule has 582 valence electrons. The summed E-state index contributed by atoms with van der Waals surface area (Å²) in [5, 5.41) is 10.6. The Balaban J connectivity index is 5.21. The predicted molar refractivity (Wildman–Crippen MR) is 400 cm³/mol. The fourth-order valence-corrected chi connectivity index (χ4v) is 13.9. The molecule has 0 fully saturated rings. The molecule has 0 heterocycles. The highest BCUT2D eigenvalue weighted by molar-refractivity contribution is 7.47. The van der Waals surface area contributed by atoms with Gasteiger partial charge in [-0.15, -0.1) is 0 Å². The number of hydrogen-bond donors (Lipinski definition) is 3. The number of phosphoric ester groups is 2. The Morgan fingerprint density at radius 2 is 0.408 bits per heavy atom. The Kier molecular flexibility index (Phi) is 71.9. The van der Waals surface area contributed by atoms with Gasteiger partial charge in [-0.3, -0.25) is 37.3 Å². The van der Waals surface area contributed by atoms with Gasteiger partial charge in [-0.05, 0) is 25.7 Å². The molecule has 0 saturated heterocycles. The quantitative estimate of drug-likeness (QED) is 0.0222. The lowest BCUT2D eigenvalue weighted by molar-refractivity contribution is -0.161. The lowest BCUT2D eigenvalue weighted by Crippen LogP contribution is -2.30. The van der Waals surface area contributed by atoms with Gasteiger partial charge >= 0.3 is 39.5 Å². The molecule has 0 aliphatic rings. The summed E-state index contributed by atoms with van der Waals surface area (Å²) in [6.07, 6.45) is 65.2. The van der Waals surface area contributed by atoms with Gasteiger partial charge in [0.1, 0.15) is 19.3 Å². The molecule has 17 nitrogen and oxygen atoms in total. The molecule has 19 heteroatoms. The Morgan fingerprint density at radius 1 is 0.245 bits per heavy atom. The van der Waals surface area contributed by atoms with Gasteiger partial charge in [0.15, 0.2) is 12.2 Å². The number of ether oxygens (including phenoxy) is 4. The summed E-state index contributed by atoms with van der Waals surface area (Å²) in [6, 6.07) is 0. The highest BCUT2D eigenvalue weighted by atomic mass is 31.2. The number of hydrogen-bond acceptors (Lipinski definition) is 15. The Hall–Kier alpha value is -1.94. The molecular weight excluding hydrogens is 1280 g/mol. The number of carbonyl (C=O) groups excluding carboxylic acids is 4. The first-order valence-electron chi connectivity index (χ1n) is 41.3. The van der Waals surface area contributed by atoms with E-state index in [1.165, 1.54) is 257 Å². The van der Waals surface area contributed by atoms with Gasteiger partial charge in [0.2, 0.25) is 0 Å². The summed E-state index contributed by atoms with van der Waals surface area (Å²) < 4.78 is 68.6. The fraction of sp³-hybridized carbons (Fsp3) is 0.949. The maximum Gasteiger partial charge on any atom is 0.472 e. The normalized spacial score (nSPS) is 13.8. The molecule has 2 unspecified atom stereocenters. The summed E-state index contributed by atoms with van der Waals surface area (Å²) >= 11 is 0. The van der Waals surface area contributed by atoms with Crippen LogP contribution in [-0.2, 0) is 65.4 Å². The SMILES string of the molecule is CCCCCCCCCCCCCCCCCCCCC(=O)OC[C@H](COP(=O)(O)OC[C@@H](O)COP(=O)(O)OC[C@@H](COC(=O)CCCCCCCCCCC)OC(=O)CCCCCCCCCCCCCCC)OC(=O)CCCCCCCCCCCCCCCCCCCC. The number of phosphoric acid groups is 2. The second kappa shape index (κ2) is 73.4. The number of rotatable bonds is 80. The van der Waals surface area contributed by atoms with Crippen molar-refractivity contribution in [2.75, 3.05) is 39.6 Å². The largest absolute Gasteiger partial charge is 0.472 e. The predicted octanol–water partition coefficient (Wildman–Crippen LogP) is 23.8. The van der Waals surface area contributed by atoms with Crippen LogP contribution in [0.15, 0.2) is 0 Å². The molecule has 0 aliphatic carbocycles. The van der Waals surface area contributed by atoms with E-state index in [1.54, 1.807) is 0 Å². The van der Waals surface area contributed by atoms with Crippen molar-refractivity contribution in [1.82, 2.24) is 0 Å². The number of aliphatic hydroxyl groups excluding tert-OH is 1. The minimum absolute atomic E-state index is 0.108. The zero-order chi connectivity index (χ0) is 71.8. The van der Waals surface area contributed by atoms with Crippen LogP contribution in [0.25, 0.3) is 0 Å². The molecule has 3 N–H and O–H groups in total. The van der Waals surface area contributed by atoms with E-state index < -0.39 is 97.5 Å². The van der Waals surface area contributed by atoms with Crippen molar-refractivity contribution in [3.8, 4) is 0 Å². The molecule has 5 atom stereocenters. The molecular formula is C79H154O17P2. The molecule has 0 aromatic rings. The van der Waals surface area contributed by atoms with Gasteiger partial charge in [0.25, 0.3) is 0 Å². The lowest BCUT2D eigenvalue weighted by atomic mass is 10.0. The number of unbranched alkanes of at least 4 members (excludes halogenated alkanes) is 54. The van der Waals surface area contributed by atoms with Crippen LogP contribution in [0.1, 0.15) is 426 Å². The lowest BCUT2D eigenvalue weighted by Gasteiger charge is -2.21. The summed E-state index contributed by atoms with van der Waals surface area (Å²) in [7, 11) is -9.91. The summed E-state index contributed by atoms with van der Waals surface area (Å²) in [5.41, 5.74) is 0. The van der Waals surface area contributed by atoms with Gasteiger partial charge < -0.3 is 33.8 Å². The van der Waals surface area contributed by atoms with Crippen molar-refractivity contribution in [3.05, 3.63) is 0 Å². The van der Waals surface area contributed by atoms with Gasteiger partial charge in [-0.25, -0.2) is 9.13 Å². The zero-order valence-corrected chi connectivity index (χ0v) is 65.6.